The topological polar surface area (TPSA) is 65.6 Å². The van der Waals surface area contributed by atoms with Gasteiger partial charge in [0.2, 0.25) is 0 Å². The van der Waals surface area contributed by atoms with Crippen molar-refractivity contribution in [2.24, 2.45) is 4.99 Å². The number of aryl methyl sites for hydroxylation is 1. The molecule has 2 aromatic heterocycles. The van der Waals surface area contributed by atoms with Crippen molar-refractivity contribution >= 4 is 57.7 Å². The van der Waals surface area contributed by atoms with E-state index in [0.717, 1.165) is 33.1 Å². The Hall–Kier alpha value is -2.89. The first-order chi connectivity index (χ1) is 19.1. The maximum atomic E-state index is 14.0. The van der Waals surface area contributed by atoms with E-state index in [1.54, 1.807) is 16.3 Å². The Labute approximate surface area is 255 Å². The van der Waals surface area contributed by atoms with Gasteiger partial charge in [0.05, 0.1) is 27.9 Å². The first kappa shape index (κ1) is 28.6. The van der Waals surface area contributed by atoms with Crippen molar-refractivity contribution in [3.63, 3.8) is 0 Å². The van der Waals surface area contributed by atoms with Gasteiger partial charge in [0.25, 0.3) is 5.56 Å². The number of rotatable bonds is 6. The quantitative estimate of drug-likeness (QED) is 0.144. The Balaban J connectivity index is 1.67. The number of carbonyl (C=O) groups is 1. The summed E-state index contributed by atoms with van der Waals surface area (Å²) in [7, 11) is 0. The molecule has 1 aliphatic rings. The third kappa shape index (κ3) is 5.38. The lowest BCUT2D eigenvalue weighted by Crippen LogP contribution is -2.40. The van der Waals surface area contributed by atoms with Crippen LogP contribution in [0.1, 0.15) is 49.3 Å². The largest absolute Gasteiger partial charge is 0.459 e. The number of hydrogen-bond acceptors (Lipinski definition) is 6. The van der Waals surface area contributed by atoms with Gasteiger partial charge in [-0.15, -0.1) is 11.8 Å². The van der Waals surface area contributed by atoms with Gasteiger partial charge in [0.15, 0.2) is 4.80 Å². The van der Waals surface area contributed by atoms with Crippen LogP contribution in [0.3, 0.4) is 0 Å². The summed E-state index contributed by atoms with van der Waals surface area (Å²) in [6.45, 7) is 9.58. The summed E-state index contributed by atoms with van der Waals surface area (Å²) in [5.41, 5.74) is 5.80. The van der Waals surface area contributed by atoms with Crippen molar-refractivity contribution in [3.8, 4) is 5.69 Å². The number of nitrogens with zero attached hydrogens (tertiary/aromatic N) is 3. The number of thioether (sulfide) groups is 1. The highest BCUT2D eigenvalue weighted by atomic mass is 127. The van der Waals surface area contributed by atoms with Gasteiger partial charge in [-0.3, -0.25) is 9.36 Å². The van der Waals surface area contributed by atoms with Crippen molar-refractivity contribution in [2.45, 2.75) is 51.7 Å². The third-order valence-electron chi connectivity index (χ3n) is 6.86. The van der Waals surface area contributed by atoms with E-state index in [1.165, 1.54) is 14.9 Å². The van der Waals surface area contributed by atoms with Gasteiger partial charge >= 0.3 is 5.97 Å². The first-order valence-corrected chi connectivity index (χ1v) is 16.0. The number of fused-ring (bicyclic) bond motifs is 1. The van der Waals surface area contributed by atoms with E-state index in [4.69, 9.17) is 9.73 Å². The van der Waals surface area contributed by atoms with Crippen LogP contribution in [0.25, 0.3) is 11.8 Å². The lowest BCUT2D eigenvalue weighted by Gasteiger charge is -2.25. The van der Waals surface area contributed by atoms with Crippen molar-refractivity contribution in [1.82, 2.24) is 9.13 Å². The van der Waals surface area contributed by atoms with Crippen LogP contribution < -0.4 is 14.9 Å². The smallest absolute Gasteiger partial charge is 0.338 e. The number of benzene rings is 2. The van der Waals surface area contributed by atoms with E-state index in [-0.39, 0.29) is 11.7 Å². The molecule has 0 fully saturated rings. The van der Waals surface area contributed by atoms with E-state index >= 15 is 0 Å². The molecule has 1 aliphatic heterocycles. The van der Waals surface area contributed by atoms with Crippen LogP contribution in [0, 0.1) is 17.4 Å². The zero-order valence-electron chi connectivity index (χ0n) is 23.2. The Morgan fingerprint density at radius 2 is 1.77 bits per heavy atom. The van der Waals surface area contributed by atoms with Gasteiger partial charge in [0, 0.05) is 25.5 Å². The molecule has 0 amide bonds. The maximum Gasteiger partial charge on any atom is 0.338 e. The highest BCUT2D eigenvalue weighted by Crippen LogP contribution is 2.32. The first-order valence-electron chi connectivity index (χ1n) is 12.9. The second-order valence-corrected chi connectivity index (χ2v) is 13.1. The Morgan fingerprint density at radius 1 is 1.10 bits per heavy atom. The number of allylic oxidation sites excluding steroid dienone is 1. The minimum Gasteiger partial charge on any atom is -0.459 e. The van der Waals surface area contributed by atoms with E-state index in [0.29, 0.717) is 20.6 Å². The summed E-state index contributed by atoms with van der Waals surface area (Å²) in [4.78, 5) is 33.7. The predicted octanol–water partition coefficient (Wildman–Crippen LogP) is 5.92. The van der Waals surface area contributed by atoms with Gasteiger partial charge in [-0.2, -0.15) is 0 Å². The Bertz CT molecular complexity index is 1810. The Morgan fingerprint density at radius 3 is 2.40 bits per heavy atom. The maximum absolute atomic E-state index is 14.0. The lowest BCUT2D eigenvalue weighted by atomic mass is 9.96. The molecule has 2 aromatic carbocycles. The zero-order valence-corrected chi connectivity index (χ0v) is 27.0. The van der Waals surface area contributed by atoms with Crippen LogP contribution in [0.5, 0.6) is 0 Å². The van der Waals surface area contributed by atoms with Crippen molar-refractivity contribution in [2.75, 3.05) is 6.26 Å². The average Bonchev–Trinajstić information content (AvgIpc) is 3.37. The van der Waals surface area contributed by atoms with Gasteiger partial charge in [0.1, 0.15) is 0 Å². The fourth-order valence-electron chi connectivity index (χ4n) is 5.02. The molecule has 40 heavy (non-hydrogen) atoms. The fraction of sp³-hybridized carbons (Fsp3) is 0.258. The highest BCUT2D eigenvalue weighted by Gasteiger charge is 2.33. The molecule has 0 radical (unpaired) electrons. The summed E-state index contributed by atoms with van der Waals surface area (Å²) < 4.78 is 11.2. The summed E-state index contributed by atoms with van der Waals surface area (Å²) in [5.74, 6) is -0.453. The van der Waals surface area contributed by atoms with Crippen molar-refractivity contribution in [1.29, 1.82) is 0 Å². The number of aromatic nitrogens is 2. The van der Waals surface area contributed by atoms with Crippen LogP contribution in [-0.2, 0) is 9.53 Å². The normalized spacial score (nSPS) is 15.4. The fourth-order valence-corrected chi connectivity index (χ4v) is 6.83. The van der Waals surface area contributed by atoms with Crippen LogP contribution in [0.15, 0.2) is 80.5 Å². The number of carbonyl (C=O) groups excluding carboxylic acids is 1. The molecule has 5 rings (SSSR count). The second kappa shape index (κ2) is 11.5. The van der Waals surface area contributed by atoms with Crippen LogP contribution >= 0.6 is 45.7 Å². The molecule has 6 nitrogen and oxygen atoms in total. The van der Waals surface area contributed by atoms with Crippen molar-refractivity contribution < 1.29 is 9.53 Å². The number of esters is 1. The lowest BCUT2D eigenvalue weighted by molar-refractivity contribution is -0.143. The molecule has 0 N–H and O–H groups in total. The summed E-state index contributed by atoms with van der Waals surface area (Å²) in [5, 5.41) is 0. The number of ether oxygens (including phenoxy) is 1. The standard InChI is InChI=1S/C31H30IN3O3S2/c1-17(2)38-30(37)27-19(4)33-31-35(28(27)21-7-13-25(39-6)14-8-21)29(36)26(40-31)16-22-15-18(3)34(20(22)5)24-11-9-23(32)10-12-24/h7-17,28H,1-6H3/b26-16-/t28-/m1/s1. The predicted molar refractivity (Wildman–Crippen MR) is 171 cm³/mol. The molecule has 3 heterocycles. The average molecular weight is 684 g/mol. The molecule has 0 saturated heterocycles. The summed E-state index contributed by atoms with van der Waals surface area (Å²) >= 11 is 5.29. The molecule has 0 spiro atoms. The second-order valence-electron chi connectivity index (χ2n) is 9.95. The molecular formula is C31H30IN3O3S2. The van der Waals surface area contributed by atoms with Gasteiger partial charge < -0.3 is 9.30 Å². The van der Waals surface area contributed by atoms with Crippen LogP contribution in [0.2, 0.25) is 0 Å². The van der Waals surface area contributed by atoms with E-state index in [1.807, 2.05) is 57.4 Å². The molecule has 9 heteroatoms. The van der Waals surface area contributed by atoms with E-state index in [2.05, 4.69) is 71.3 Å². The molecule has 0 aliphatic carbocycles. The van der Waals surface area contributed by atoms with E-state index < -0.39 is 12.0 Å². The minimum atomic E-state index is -0.625. The van der Waals surface area contributed by atoms with Gasteiger partial charge in [-0.05, 0) is 123 Å². The molecule has 206 valence electrons. The molecule has 0 unspecified atom stereocenters. The highest BCUT2D eigenvalue weighted by molar-refractivity contribution is 14.1. The van der Waals surface area contributed by atoms with Crippen LogP contribution in [0.4, 0.5) is 0 Å². The number of halogens is 1. The van der Waals surface area contributed by atoms with Crippen LogP contribution in [-0.4, -0.2) is 27.5 Å². The van der Waals surface area contributed by atoms with E-state index in [9.17, 15) is 9.59 Å². The molecular weight excluding hydrogens is 653 g/mol. The zero-order chi connectivity index (χ0) is 28.7. The van der Waals surface area contributed by atoms with Crippen molar-refractivity contribution in [3.05, 3.63) is 112 Å². The molecule has 0 saturated carbocycles. The summed E-state index contributed by atoms with van der Waals surface area (Å²) in [6.07, 6.45) is 3.66. The Kier molecular flexibility index (Phi) is 8.26. The number of thiazole rings is 1. The third-order valence-corrected chi connectivity index (χ3v) is 9.30. The van der Waals surface area contributed by atoms with Gasteiger partial charge in [-0.25, -0.2) is 9.79 Å². The summed E-state index contributed by atoms with van der Waals surface area (Å²) in [6, 6.07) is 17.8. The molecule has 4 aromatic rings. The van der Waals surface area contributed by atoms with Gasteiger partial charge in [-0.1, -0.05) is 23.5 Å². The minimum absolute atomic E-state index is 0.177. The monoisotopic (exact) mass is 683 g/mol. The number of hydrogen-bond donors (Lipinski definition) is 0. The molecule has 0 bridgehead atoms. The molecule has 1 atom stereocenters. The SMILES string of the molecule is CSc1ccc([C@@H]2C(C(=O)OC(C)C)=C(C)N=c3s/c(=C\c4cc(C)n(-c5ccc(I)cc5)c4C)c(=O)n32)cc1.